The highest BCUT2D eigenvalue weighted by molar-refractivity contribution is 8.00. The lowest BCUT2D eigenvalue weighted by atomic mass is 10.2. The Morgan fingerprint density at radius 3 is 2.75 bits per heavy atom. The van der Waals surface area contributed by atoms with E-state index in [1.165, 1.54) is 23.9 Å². The molecule has 104 valence electrons. The predicted octanol–water partition coefficient (Wildman–Crippen LogP) is 3.02. The Hall–Kier alpha value is -1.85. The number of benzene rings is 2. The summed E-state index contributed by atoms with van der Waals surface area (Å²) < 4.78 is 13.4. The second kappa shape index (κ2) is 7.07. The minimum Gasteiger partial charge on any atom is -0.326 e. The van der Waals surface area contributed by atoms with Crippen LogP contribution in [0, 0.1) is 5.82 Å². The molecule has 0 spiro atoms. The van der Waals surface area contributed by atoms with Crippen molar-refractivity contribution in [3.05, 3.63) is 59.9 Å². The number of thioether (sulfide) groups is 1. The average molecular weight is 290 g/mol. The largest absolute Gasteiger partial charge is 0.326 e. The van der Waals surface area contributed by atoms with Gasteiger partial charge in [0, 0.05) is 11.4 Å². The summed E-state index contributed by atoms with van der Waals surface area (Å²) in [6, 6.07) is 13.8. The second-order valence-electron chi connectivity index (χ2n) is 4.17. The van der Waals surface area contributed by atoms with E-state index in [2.05, 4.69) is 5.32 Å². The number of anilines is 1. The summed E-state index contributed by atoms with van der Waals surface area (Å²) >= 11 is 1.39. The van der Waals surface area contributed by atoms with E-state index in [1.54, 1.807) is 12.1 Å². The Morgan fingerprint density at radius 2 is 2.00 bits per heavy atom. The number of halogens is 1. The van der Waals surface area contributed by atoms with Gasteiger partial charge in [0.2, 0.25) is 5.91 Å². The van der Waals surface area contributed by atoms with Gasteiger partial charge < -0.3 is 11.1 Å². The van der Waals surface area contributed by atoms with Gasteiger partial charge in [-0.05, 0) is 29.8 Å². The number of carbonyl (C=O) groups excluding carboxylic acids is 1. The van der Waals surface area contributed by atoms with Gasteiger partial charge in [-0.3, -0.25) is 4.79 Å². The lowest BCUT2D eigenvalue weighted by Crippen LogP contribution is -2.14. The van der Waals surface area contributed by atoms with Crippen molar-refractivity contribution in [2.45, 2.75) is 11.4 Å². The Labute approximate surface area is 121 Å². The number of carbonyl (C=O) groups is 1. The summed E-state index contributed by atoms with van der Waals surface area (Å²) in [5.74, 6) is -0.447. The molecule has 0 bridgehead atoms. The molecule has 0 radical (unpaired) electrons. The third-order valence-corrected chi connectivity index (χ3v) is 3.65. The molecule has 20 heavy (non-hydrogen) atoms. The predicted molar refractivity (Wildman–Crippen MR) is 80.1 cm³/mol. The monoisotopic (exact) mass is 290 g/mol. The van der Waals surface area contributed by atoms with Crippen LogP contribution in [0.5, 0.6) is 0 Å². The van der Waals surface area contributed by atoms with Crippen molar-refractivity contribution in [2.75, 3.05) is 11.1 Å². The molecule has 0 heterocycles. The molecule has 3 N–H and O–H groups in total. The van der Waals surface area contributed by atoms with Crippen molar-refractivity contribution < 1.29 is 9.18 Å². The highest BCUT2D eigenvalue weighted by atomic mass is 32.2. The van der Waals surface area contributed by atoms with E-state index in [0.29, 0.717) is 6.54 Å². The smallest absolute Gasteiger partial charge is 0.234 e. The fraction of sp³-hybridized carbons (Fsp3) is 0.133. The third-order valence-electron chi connectivity index (χ3n) is 2.65. The lowest BCUT2D eigenvalue weighted by molar-refractivity contribution is -0.113. The van der Waals surface area contributed by atoms with Crippen LogP contribution in [0.25, 0.3) is 0 Å². The van der Waals surface area contributed by atoms with E-state index in [9.17, 15) is 9.18 Å². The molecule has 0 fully saturated rings. The van der Waals surface area contributed by atoms with E-state index in [1.807, 2.05) is 24.3 Å². The first-order valence-corrected chi connectivity index (χ1v) is 7.14. The number of nitrogens with two attached hydrogens (primary N) is 1. The van der Waals surface area contributed by atoms with Crippen molar-refractivity contribution in [3.8, 4) is 0 Å². The van der Waals surface area contributed by atoms with Gasteiger partial charge in [-0.2, -0.15) is 0 Å². The molecule has 2 rings (SSSR count). The van der Waals surface area contributed by atoms with Crippen LogP contribution in [0.1, 0.15) is 5.56 Å². The summed E-state index contributed by atoms with van der Waals surface area (Å²) in [5.41, 5.74) is 6.78. The zero-order valence-corrected chi connectivity index (χ0v) is 11.6. The number of hydrogen-bond donors (Lipinski definition) is 2. The van der Waals surface area contributed by atoms with Gasteiger partial charge in [0.1, 0.15) is 5.82 Å². The van der Waals surface area contributed by atoms with Crippen LogP contribution in [0.15, 0.2) is 53.4 Å². The number of rotatable bonds is 5. The van der Waals surface area contributed by atoms with Gasteiger partial charge in [-0.25, -0.2) is 4.39 Å². The first-order valence-electron chi connectivity index (χ1n) is 6.15. The second-order valence-corrected chi connectivity index (χ2v) is 5.22. The highest BCUT2D eigenvalue weighted by Gasteiger charge is 2.07. The van der Waals surface area contributed by atoms with E-state index in [0.717, 1.165) is 10.5 Å². The SMILES string of the molecule is NCc1cccc(SCC(=O)Nc2ccccc2F)c1. The van der Waals surface area contributed by atoms with E-state index in [-0.39, 0.29) is 17.3 Å². The third kappa shape index (κ3) is 4.08. The first kappa shape index (κ1) is 14.6. The number of hydrogen-bond acceptors (Lipinski definition) is 3. The van der Waals surface area contributed by atoms with Crippen LogP contribution in [-0.2, 0) is 11.3 Å². The van der Waals surface area contributed by atoms with Gasteiger partial charge in [-0.15, -0.1) is 11.8 Å². The highest BCUT2D eigenvalue weighted by Crippen LogP contribution is 2.20. The maximum Gasteiger partial charge on any atom is 0.234 e. The Balaban J connectivity index is 1.90. The standard InChI is InChI=1S/C15H15FN2OS/c16-13-6-1-2-7-14(13)18-15(19)10-20-12-5-3-4-11(8-12)9-17/h1-8H,9-10,17H2,(H,18,19). The van der Waals surface area contributed by atoms with Gasteiger partial charge in [0.15, 0.2) is 0 Å². The topological polar surface area (TPSA) is 55.1 Å². The maximum absolute atomic E-state index is 13.4. The molecule has 2 aromatic carbocycles. The fourth-order valence-electron chi connectivity index (χ4n) is 1.66. The summed E-state index contributed by atoms with van der Waals surface area (Å²) in [7, 11) is 0. The molecule has 1 amide bonds. The molecule has 2 aromatic rings. The molecule has 0 aliphatic rings. The summed E-state index contributed by atoms with van der Waals surface area (Å²) in [6.07, 6.45) is 0. The zero-order valence-electron chi connectivity index (χ0n) is 10.8. The van der Waals surface area contributed by atoms with Crippen molar-refractivity contribution in [2.24, 2.45) is 5.73 Å². The summed E-state index contributed by atoms with van der Waals surface area (Å²) in [6.45, 7) is 0.468. The Morgan fingerprint density at radius 1 is 1.20 bits per heavy atom. The molecule has 0 aliphatic heterocycles. The van der Waals surface area contributed by atoms with Gasteiger partial charge in [-0.1, -0.05) is 24.3 Å². The van der Waals surface area contributed by atoms with Crippen LogP contribution in [0.2, 0.25) is 0 Å². The molecular formula is C15H15FN2OS. The van der Waals surface area contributed by atoms with Crippen LogP contribution >= 0.6 is 11.8 Å². The van der Waals surface area contributed by atoms with Crippen LogP contribution in [-0.4, -0.2) is 11.7 Å². The number of amides is 1. The van der Waals surface area contributed by atoms with Crippen molar-refractivity contribution in [1.29, 1.82) is 0 Å². The molecule has 0 saturated carbocycles. The molecule has 3 nitrogen and oxygen atoms in total. The van der Waals surface area contributed by atoms with Gasteiger partial charge >= 0.3 is 0 Å². The quantitative estimate of drug-likeness (QED) is 0.832. The summed E-state index contributed by atoms with van der Waals surface area (Å²) in [5, 5.41) is 2.55. The molecule has 0 aromatic heterocycles. The first-order chi connectivity index (χ1) is 9.69. The van der Waals surface area contributed by atoms with Crippen LogP contribution < -0.4 is 11.1 Å². The van der Waals surface area contributed by atoms with E-state index < -0.39 is 5.82 Å². The molecule has 0 unspecified atom stereocenters. The average Bonchev–Trinajstić information content (AvgIpc) is 2.48. The molecule has 0 aliphatic carbocycles. The van der Waals surface area contributed by atoms with Crippen LogP contribution in [0.4, 0.5) is 10.1 Å². The molecular weight excluding hydrogens is 275 g/mol. The fourth-order valence-corrected chi connectivity index (χ4v) is 2.44. The van der Waals surface area contributed by atoms with Crippen LogP contribution in [0.3, 0.4) is 0 Å². The normalized spacial score (nSPS) is 10.3. The van der Waals surface area contributed by atoms with Gasteiger partial charge in [0.25, 0.3) is 0 Å². The van der Waals surface area contributed by atoms with Gasteiger partial charge in [0.05, 0.1) is 11.4 Å². The minimum atomic E-state index is -0.434. The minimum absolute atomic E-state index is 0.203. The molecule has 5 heteroatoms. The number of para-hydroxylation sites is 1. The zero-order chi connectivity index (χ0) is 14.4. The lowest BCUT2D eigenvalue weighted by Gasteiger charge is -2.06. The Kier molecular flexibility index (Phi) is 5.15. The number of nitrogens with one attached hydrogen (secondary N) is 1. The molecule has 0 atom stereocenters. The Bertz CT molecular complexity index is 604. The van der Waals surface area contributed by atoms with E-state index in [4.69, 9.17) is 5.73 Å². The molecule has 0 saturated heterocycles. The van der Waals surface area contributed by atoms with E-state index >= 15 is 0 Å². The van der Waals surface area contributed by atoms with Crippen molar-refractivity contribution in [3.63, 3.8) is 0 Å². The van der Waals surface area contributed by atoms with Crippen molar-refractivity contribution >= 4 is 23.4 Å². The maximum atomic E-state index is 13.4. The van der Waals surface area contributed by atoms with Crippen molar-refractivity contribution in [1.82, 2.24) is 0 Å². The summed E-state index contributed by atoms with van der Waals surface area (Å²) in [4.78, 5) is 12.7.